The summed E-state index contributed by atoms with van der Waals surface area (Å²) in [6, 6.07) is 1.32. The minimum Gasteiger partial charge on any atom is -0.353 e. The van der Waals surface area contributed by atoms with E-state index in [0.717, 1.165) is 0 Å². The SMILES string of the molecule is C#Cc1[nH]ccc(=O)c1Cl. The first-order valence-corrected chi connectivity index (χ1v) is 2.97. The molecule has 0 radical (unpaired) electrons. The molecule has 0 aromatic carbocycles. The molecular weight excluding hydrogens is 150 g/mol. The van der Waals surface area contributed by atoms with Crippen LogP contribution in [-0.2, 0) is 0 Å². The van der Waals surface area contributed by atoms with Crippen LogP contribution in [0.3, 0.4) is 0 Å². The second kappa shape index (κ2) is 2.59. The highest BCUT2D eigenvalue weighted by atomic mass is 35.5. The zero-order valence-electron chi connectivity index (χ0n) is 5.02. The van der Waals surface area contributed by atoms with Gasteiger partial charge in [0, 0.05) is 12.3 Å². The van der Waals surface area contributed by atoms with Gasteiger partial charge in [-0.3, -0.25) is 4.79 Å². The van der Waals surface area contributed by atoms with E-state index in [1.54, 1.807) is 0 Å². The van der Waals surface area contributed by atoms with Crippen LogP contribution in [0, 0.1) is 12.3 Å². The Morgan fingerprint density at radius 2 is 2.40 bits per heavy atom. The summed E-state index contributed by atoms with van der Waals surface area (Å²) in [4.78, 5) is 13.4. The zero-order chi connectivity index (χ0) is 7.56. The van der Waals surface area contributed by atoms with Gasteiger partial charge in [-0.1, -0.05) is 17.5 Å². The molecule has 1 aromatic heterocycles. The summed E-state index contributed by atoms with van der Waals surface area (Å²) >= 11 is 5.51. The molecule has 1 aromatic rings. The van der Waals surface area contributed by atoms with Crippen LogP contribution >= 0.6 is 11.6 Å². The lowest BCUT2D eigenvalue weighted by atomic mass is 10.3. The number of H-pyrrole nitrogens is 1. The highest BCUT2D eigenvalue weighted by molar-refractivity contribution is 6.31. The molecular formula is C7H4ClNO. The van der Waals surface area contributed by atoms with Gasteiger partial charge in [0.25, 0.3) is 0 Å². The molecule has 0 aliphatic carbocycles. The van der Waals surface area contributed by atoms with Crippen molar-refractivity contribution in [3.8, 4) is 12.3 Å². The van der Waals surface area contributed by atoms with Crippen molar-refractivity contribution in [2.45, 2.75) is 0 Å². The number of rotatable bonds is 0. The van der Waals surface area contributed by atoms with Gasteiger partial charge in [-0.25, -0.2) is 0 Å². The minimum atomic E-state index is -0.256. The van der Waals surface area contributed by atoms with Crippen molar-refractivity contribution in [1.82, 2.24) is 4.98 Å². The average Bonchev–Trinajstić information content (AvgIpc) is 1.95. The Hall–Kier alpha value is -1.20. The lowest BCUT2D eigenvalue weighted by molar-refractivity contribution is 1.27. The summed E-state index contributed by atoms with van der Waals surface area (Å²) in [5.41, 5.74) is 0.0718. The molecule has 1 heterocycles. The smallest absolute Gasteiger partial charge is 0.201 e. The van der Waals surface area contributed by atoms with Crippen molar-refractivity contribution in [1.29, 1.82) is 0 Å². The van der Waals surface area contributed by atoms with Crippen LogP contribution in [0.25, 0.3) is 0 Å². The molecule has 0 atom stereocenters. The lowest BCUT2D eigenvalue weighted by Gasteiger charge is -1.91. The van der Waals surface area contributed by atoms with Crippen LogP contribution < -0.4 is 5.43 Å². The summed E-state index contributed by atoms with van der Waals surface area (Å²) in [5.74, 6) is 2.25. The van der Waals surface area contributed by atoms with Gasteiger partial charge in [-0.15, -0.1) is 6.42 Å². The third-order valence-corrected chi connectivity index (χ3v) is 1.42. The van der Waals surface area contributed by atoms with E-state index in [-0.39, 0.29) is 10.5 Å². The summed E-state index contributed by atoms with van der Waals surface area (Å²) in [5, 5.41) is 0.0741. The van der Waals surface area contributed by atoms with E-state index < -0.39 is 0 Å². The highest BCUT2D eigenvalue weighted by Crippen LogP contribution is 2.03. The standard InChI is InChI=1S/C7H4ClNO/c1-2-5-7(8)6(10)3-4-9-5/h1,3-4H,(H,9,10). The van der Waals surface area contributed by atoms with Gasteiger partial charge in [0.15, 0.2) is 0 Å². The van der Waals surface area contributed by atoms with E-state index >= 15 is 0 Å². The maximum atomic E-state index is 10.8. The molecule has 0 fully saturated rings. The molecule has 0 aliphatic rings. The summed E-state index contributed by atoms with van der Waals surface area (Å²) in [7, 11) is 0. The van der Waals surface area contributed by atoms with Crippen molar-refractivity contribution >= 4 is 11.6 Å². The van der Waals surface area contributed by atoms with Gasteiger partial charge in [0.05, 0.1) is 0 Å². The van der Waals surface area contributed by atoms with Crippen LogP contribution in [0.4, 0.5) is 0 Å². The highest BCUT2D eigenvalue weighted by Gasteiger charge is 1.98. The van der Waals surface area contributed by atoms with Gasteiger partial charge in [0.2, 0.25) is 5.43 Å². The molecule has 2 nitrogen and oxygen atoms in total. The van der Waals surface area contributed by atoms with Gasteiger partial charge in [-0.2, -0.15) is 0 Å². The molecule has 3 heteroatoms. The fourth-order valence-electron chi connectivity index (χ4n) is 0.565. The minimum absolute atomic E-state index is 0.0741. The normalized spacial score (nSPS) is 8.80. The summed E-state index contributed by atoms with van der Waals surface area (Å²) in [6.07, 6.45) is 6.48. The largest absolute Gasteiger partial charge is 0.353 e. The van der Waals surface area contributed by atoms with Crippen LogP contribution in [0.5, 0.6) is 0 Å². The van der Waals surface area contributed by atoms with E-state index in [2.05, 4.69) is 10.9 Å². The number of halogens is 1. The van der Waals surface area contributed by atoms with Crippen LogP contribution in [0.15, 0.2) is 17.1 Å². The number of pyridine rings is 1. The average molecular weight is 154 g/mol. The molecule has 0 saturated heterocycles. The number of hydrogen-bond acceptors (Lipinski definition) is 1. The Morgan fingerprint density at radius 1 is 1.70 bits per heavy atom. The van der Waals surface area contributed by atoms with Crippen molar-refractivity contribution < 1.29 is 0 Å². The van der Waals surface area contributed by atoms with Crippen LogP contribution in [0.2, 0.25) is 5.02 Å². The first-order chi connectivity index (χ1) is 4.75. The van der Waals surface area contributed by atoms with Gasteiger partial charge in [-0.05, 0) is 0 Å². The predicted molar refractivity (Wildman–Crippen MR) is 40.0 cm³/mol. The molecule has 1 N–H and O–H groups in total. The number of aromatic nitrogens is 1. The number of aromatic amines is 1. The molecule has 0 aliphatic heterocycles. The Balaban J connectivity index is 3.46. The second-order valence-electron chi connectivity index (χ2n) is 1.68. The molecule has 1 rings (SSSR count). The monoisotopic (exact) mass is 153 g/mol. The van der Waals surface area contributed by atoms with Gasteiger partial charge < -0.3 is 4.98 Å². The maximum Gasteiger partial charge on any atom is 0.201 e. The Bertz CT molecular complexity index is 334. The third-order valence-electron chi connectivity index (χ3n) is 1.04. The van der Waals surface area contributed by atoms with E-state index in [9.17, 15) is 4.79 Å². The van der Waals surface area contributed by atoms with Crippen molar-refractivity contribution in [3.05, 3.63) is 33.2 Å². The number of hydrogen-bond donors (Lipinski definition) is 1. The molecule has 10 heavy (non-hydrogen) atoms. The molecule has 50 valence electrons. The topological polar surface area (TPSA) is 32.9 Å². The van der Waals surface area contributed by atoms with Gasteiger partial charge in [0.1, 0.15) is 10.7 Å². The Kier molecular flexibility index (Phi) is 1.79. The zero-order valence-corrected chi connectivity index (χ0v) is 5.77. The predicted octanol–water partition coefficient (Wildman–Crippen LogP) is 1.01. The first-order valence-electron chi connectivity index (χ1n) is 2.59. The van der Waals surface area contributed by atoms with E-state index in [1.807, 2.05) is 0 Å². The van der Waals surface area contributed by atoms with E-state index in [4.69, 9.17) is 18.0 Å². The Labute approximate surface area is 62.8 Å². The van der Waals surface area contributed by atoms with Crippen molar-refractivity contribution in [2.75, 3.05) is 0 Å². The van der Waals surface area contributed by atoms with Gasteiger partial charge >= 0.3 is 0 Å². The second-order valence-corrected chi connectivity index (χ2v) is 2.05. The maximum absolute atomic E-state index is 10.8. The van der Waals surface area contributed by atoms with Crippen LogP contribution in [0.1, 0.15) is 5.69 Å². The third kappa shape index (κ3) is 1.04. The van der Waals surface area contributed by atoms with Crippen molar-refractivity contribution in [2.24, 2.45) is 0 Å². The number of nitrogens with one attached hydrogen (secondary N) is 1. The molecule has 0 unspecified atom stereocenters. The summed E-state index contributed by atoms with van der Waals surface area (Å²) in [6.45, 7) is 0. The molecule has 0 spiro atoms. The molecule has 0 bridgehead atoms. The van der Waals surface area contributed by atoms with E-state index in [1.165, 1.54) is 12.3 Å². The first kappa shape index (κ1) is 6.91. The Morgan fingerprint density at radius 3 is 2.90 bits per heavy atom. The summed E-state index contributed by atoms with van der Waals surface area (Å²) < 4.78 is 0. The molecule has 0 amide bonds. The fraction of sp³-hybridized carbons (Fsp3) is 0. The fourth-order valence-corrected chi connectivity index (χ4v) is 0.738. The molecule has 0 saturated carbocycles. The lowest BCUT2D eigenvalue weighted by Crippen LogP contribution is -2.02. The van der Waals surface area contributed by atoms with Crippen molar-refractivity contribution in [3.63, 3.8) is 0 Å². The number of terminal acetylenes is 1. The van der Waals surface area contributed by atoms with Crippen LogP contribution in [-0.4, -0.2) is 4.98 Å². The quantitative estimate of drug-likeness (QED) is 0.555. The van der Waals surface area contributed by atoms with E-state index in [0.29, 0.717) is 5.69 Å².